The summed E-state index contributed by atoms with van der Waals surface area (Å²) in [7, 11) is 0. The van der Waals surface area contributed by atoms with Crippen LogP contribution in [0.4, 0.5) is 5.82 Å². The Morgan fingerprint density at radius 2 is 2.43 bits per heavy atom. The molecule has 1 aromatic heterocycles. The number of rotatable bonds is 3. The van der Waals surface area contributed by atoms with Gasteiger partial charge >= 0.3 is 0 Å². The molecule has 0 atom stereocenters. The van der Waals surface area contributed by atoms with Gasteiger partial charge in [0, 0.05) is 6.42 Å². The molecule has 0 aliphatic carbocycles. The van der Waals surface area contributed by atoms with E-state index in [-0.39, 0.29) is 11.4 Å². The normalized spacial score (nSPS) is 9.50. The minimum Gasteiger partial charge on any atom is -0.309 e. The summed E-state index contributed by atoms with van der Waals surface area (Å²) in [6.45, 7) is 1.73. The molecule has 74 valence electrons. The van der Waals surface area contributed by atoms with Gasteiger partial charge in [-0.1, -0.05) is 6.92 Å². The number of amides is 1. The number of hydrogen-bond donors (Lipinski definition) is 3. The van der Waals surface area contributed by atoms with Gasteiger partial charge in [0.25, 0.3) is 0 Å². The van der Waals surface area contributed by atoms with Crippen molar-refractivity contribution in [1.29, 1.82) is 10.8 Å². The topological polar surface area (TPSA) is 94.6 Å². The van der Waals surface area contributed by atoms with E-state index in [0.717, 1.165) is 11.0 Å². The molecule has 6 nitrogen and oxygen atoms in total. The first kappa shape index (κ1) is 10.1. The molecule has 1 rings (SSSR count). The van der Waals surface area contributed by atoms with Crippen molar-refractivity contribution in [2.24, 2.45) is 0 Å². The molecule has 14 heavy (non-hydrogen) atoms. The average molecular weight is 193 g/mol. The Hall–Kier alpha value is -1.98. The Morgan fingerprint density at radius 1 is 1.71 bits per heavy atom. The van der Waals surface area contributed by atoms with Crippen LogP contribution in [0.3, 0.4) is 0 Å². The summed E-state index contributed by atoms with van der Waals surface area (Å²) < 4.78 is 1.06. The number of carbonyl (C=O) groups is 1. The van der Waals surface area contributed by atoms with Crippen LogP contribution in [-0.4, -0.2) is 22.0 Å². The van der Waals surface area contributed by atoms with Gasteiger partial charge in [0.15, 0.2) is 5.82 Å². The SMILES string of the molecule is CCC(=O)Nc1ccc(=N)n(C=N)n1. The number of hydrogen-bond acceptors (Lipinski definition) is 4. The van der Waals surface area contributed by atoms with Crippen LogP contribution >= 0.6 is 0 Å². The van der Waals surface area contributed by atoms with Crippen molar-refractivity contribution < 1.29 is 4.79 Å². The van der Waals surface area contributed by atoms with Crippen LogP contribution in [0.5, 0.6) is 0 Å². The molecule has 0 unspecified atom stereocenters. The molecule has 1 aromatic rings. The third kappa shape index (κ3) is 2.25. The first-order chi connectivity index (χ1) is 6.67. The van der Waals surface area contributed by atoms with Crippen LogP contribution in [0.1, 0.15) is 13.3 Å². The average Bonchev–Trinajstić information content (AvgIpc) is 2.20. The summed E-state index contributed by atoms with van der Waals surface area (Å²) in [5.41, 5.74) is 0.0921. The predicted molar refractivity (Wildman–Crippen MR) is 51.2 cm³/mol. The molecule has 0 saturated heterocycles. The second kappa shape index (κ2) is 4.31. The number of aromatic nitrogens is 2. The van der Waals surface area contributed by atoms with Gasteiger partial charge in [0.05, 0.1) is 0 Å². The van der Waals surface area contributed by atoms with Gasteiger partial charge in [-0.2, -0.15) is 0 Å². The van der Waals surface area contributed by atoms with Crippen LogP contribution < -0.4 is 10.8 Å². The second-order valence-electron chi connectivity index (χ2n) is 2.58. The molecular formula is C8H11N5O. The van der Waals surface area contributed by atoms with Crippen LogP contribution in [0.15, 0.2) is 12.1 Å². The molecule has 0 aliphatic heterocycles. The molecule has 0 spiro atoms. The summed E-state index contributed by atoms with van der Waals surface area (Å²) in [5.74, 6) is 0.197. The van der Waals surface area contributed by atoms with Crippen LogP contribution in [0.25, 0.3) is 0 Å². The molecule has 0 saturated carbocycles. The molecule has 0 fully saturated rings. The lowest BCUT2D eigenvalue weighted by Crippen LogP contribution is -2.23. The Kier molecular flexibility index (Phi) is 3.11. The standard InChI is InChI=1S/C8H11N5O/c1-2-8(14)11-7-4-3-6(10)13(5-9)12-7/h3-5,9-10H,2H2,1H3,(H,11,12,14). The van der Waals surface area contributed by atoms with E-state index in [1.807, 2.05) is 0 Å². The van der Waals surface area contributed by atoms with Crippen molar-refractivity contribution in [1.82, 2.24) is 9.78 Å². The van der Waals surface area contributed by atoms with Crippen LogP contribution in [-0.2, 0) is 4.79 Å². The number of anilines is 1. The maximum atomic E-state index is 11.0. The van der Waals surface area contributed by atoms with Gasteiger partial charge in [-0.25, -0.2) is 4.68 Å². The number of carbonyl (C=O) groups excluding carboxylic acids is 1. The van der Waals surface area contributed by atoms with E-state index in [4.69, 9.17) is 10.8 Å². The van der Waals surface area contributed by atoms with Gasteiger partial charge in [0.1, 0.15) is 11.8 Å². The highest BCUT2D eigenvalue weighted by Crippen LogP contribution is 1.97. The summed E-state index contributed by atoms with van der Waals surface area (Å²) in [5, 5.41) is 20.7. The highest BCUT2D eigenvalue weighted by molar-refractivity contribution is 5.89. The van der Waals surface area contributed by atoms with Gasteiger partial charge in [0.2, 0.25) is 5.91 Å². The third-order valence-corrected chi connectivity index (χ3v) is 1.57. The minimum absolute atomic E-state index is 0.0921. The third-order valence-electron chi connectivity index (χ3n) is 1.57. The van der Waals surface area contributed by atoms with Gasteiger partial charge in [-0.15, -0.1) is 5.10 Å². The van der Waals surface area contributed by atoms with Crippen molar-refractivity contribution in [2.75, 3.05) is 5.32 Å². The highest BCUT2D eigenvalue weighted by atomic mass is 16.1. The van der Waals surface area contributed by atoms with E-state index in [0.29, 0.717) is 12.2 Å². The maximum Gasteiger partial charge on any atom is 0.225 e. The molecule has 0 radical (unpaired) electrons. The molecule has 0 aromatic carbocycles. The van der Waals surface area contributed by atoms with E-state index < -0.39 is 0 Å². The van der Waals surface area contributed by atoms with Crippen molar-refractivity contribution in [3.63, 3.8) is 0 Å². The zero-order valence-electron chi connectivity index (χ0n) is 7.74. The summed E-state index contributed by atoms with van der Waals surface area (Å²) in [6, 6.07) is 2.99. The van der Waals surface area contributed by atoms with E-state index >= 15 is 0 Å². The quantitative estimate of drug-likeness (QED) is 0.471. The lowest BCUT2D eigenvalue weighted by Gasteiger charge is -2.03. The fourth-order valence-corrected chi connectivity index (χ4v) is 0.834. The van der Waals surface area contributed by atoms with Gasteiger partial charge in [-0.3, -0.25) is 15.6 Å². The summed E-state index contributed by atoms with van der Waals surface area (Å²) >= 11 is 0. The van der Waals surface area contributed by atoms with Crippen molar-refractivity contribution in [2.45, 2.75) is 13.3 Å². The van der Waals surface area contributed by atoms with E-state index in [2.05, 4.69) is 10.4 Å². The first-order valence-corrected chi connectivity index (χ1v) is 4.12. The minimum atomic E-state index is -0.147. The summed E-state index contributed by atoms with van der Waals surface area (Å²) in [4.78, 5) is 11.0. The van der Waals surface area contributed by atoms with Crippen molar-refractivity contribution in [3.8, 4) is 0 Å². The first-order valence-electron chi connectivity index (χ1n) is 4.12. The molecular weight excluding hydrogens is 182 g/mol. The van der Waals surface area contributed by atoms with Crippen LogP contribution in [0, 0.1) is 10.8 Å². The Labute approximate surface area is 80.6 Å². The van der Waals surface area contributed by atoms with E-state index in [1.165, 1.54) is 12.1 Å². The Morgan fingerprint density at radius 3 is 3.00 bits per heavy atom. The molecule has 3 N–H and O–H groups in total. The molecule has 0 bridgehead atoms. The highest BCUT2D eigenvalue weighted by Gasteiger charge is 2.00. The van der Waals surface area contributed by atoms with Crippen molar-refractivity contribution >= 4 is 18.1 Å². The van der Waals surface area contributed by atoms with Crippen LogP contribution in [0.2, 0.25) is 0 Å². The number of nitrogens with zero attached hydrogens (tertiary/aromatic N) is 2. The van der Waals surface area contributed by atoms with Gasteiger partial charge in [-0.05, 0) is 12.1 Å². The summed E-state index contributed by atoms with van der Waals surface area (Å²) in [6.07, 6.45) is 1.28. The van der Waals surface area contributed by atoms with E-state index in [9.17, 15) is 4.79 Å². The number of nitrogens with one attached hydrogen (secondary N) is 3. The Bertz CT molecular complexity index is 408. The maximum absolute atomic E-state index is 11.0. The monoisotopic (exact) mass is 193 g/mol. The van der Waals surface area contributed by atoms with E-state index in [1.54, 1.807) is 6.92 Å². The van der Waals surface area contributed by atoms with Gasteiger partial charge < -0.3 is 5.32 Å². The molecule has 6 heteroatoms. The molecule has 1 amide bonds. The Balaban J connectivity index is 2.95. The van der Waals surface area contributed by atoms with Crippen molar-refractivity contribution in [3.05, 3.63) is 17.6 Å². The predicted octanol–water partition coefficient (Wildman–Crippen LogP) is 0.166. The molecule has 0 aliphatic rings. The lowest BCUT2D eigenvalue weighted by atomic mass is 10.4. The zero-order chi connectivity index (χ0) is 10.6. The fraction of sp³-hybridized carbons (Fsp3) is 0.250. The largest absolute Gasteiger partial charge is 0.309 e. The fourth-order valence-electron chi connectivity index (χ4n) is 0.834. The zero-order valence-corrected chi connectivity index (χ0v) is 7.74. The lowest BCUT2D eigenvalue weighted by molar-refractivity contribution is -0.115. The second-order valence-corrected chi connectivity index (χ2v) is 2.58. The molecule has 1 heterocycles. The smallest absolute Gasteiger partial charge is 0.225 e.